The van der Waals surface area contributed by atoms with Crippen LogP contribution in [-0.2, 0) is 10.1 Å². The number of benzene rings is 1. The summed E-state index contributed by atoms with van der Waals surface area (Å²) in [5.41, 5.74) is 0.579. The molecule has 2 N–H and O–H groups in total. The molecular formula is C8H8O4S. The number of hydrogen-bond donors (Lipinski definition) is 2. The van der Waals surface area contributed by atoms with Gasteiger partial charge in [-0.2, -0.15) is 8.42 Å². The second kappa shape index (κ2) is 3.59. The van der Waals surface area contributed by atoms with Crippen molar-refractivity contribution in [2.75, 3.05) is 0 Å². The number of phenolic OH excluding ortho intramolecular Hbond substituents is 1. The minimum absolute atomic E-state index is 0.101. The molecule has 70 valence electrons. The molecule has 0 unspecified atom stereocenters. The van der Waals surface area contributed by atoms with Crippen molar-refractivity contribution in [2.24, 2.45) is 0 Å². The minimum Gasteiger partial charge on any atom is -0.508 e. The van der Waals surface area contributed by atoms with E-state index in [1.165, 1.54) is 30.3 Å². The predicted molar refractivity (Wildman–Crippen MR) is 48.7 cm³/mol. The molecule has 0 radical (unpaired) electrons. The first-order chi connectivity index (χ1) is 5.97. The summed E-state index contributed by atoms with van der Waals surface area (Å²) in [6, 6.07) is 5.89. The monoisotopic (exact) mass is 200 g/mol. The summed E-state index contributed by atoms with van der Waals surface area (Å²) in [5, 5.41) is 9.57. The van der Waals surface area contributed by atoms with Gasteiger partial charge >= 0.3 is 0 Å². The number of rotatable bonds is 2. The van der Waals surface area contributed by atoms with Gasteiger partial charge in [-0.1, -0.05) is 12.1 Å². The SMILES string of the molecule is O=S(=O)(O)/C=C/c1ccc(O)cc1. The van der Waals surface area contributed by atoms with E-state index in [9.17, 15) is 8.42 Å². The predicted octanol–water partition coefficient (Wildman–Crippen LogP) is 1.25. The van der Waals surface area contributed by atoms with Crippen LogP contribution >= 0.6 is 0 Å². The Morgan fingerprint density at radius 2 is 1.69 bits per heavy atom. The molecule has 4 nitrogen and oxygen atoms in total. The highest BCUT2D eigenvalue weighted by Crippen LogP contribution is 2.10. The molecule has 0 spiro atoms. The van der Waals surface area contributed by atoms with Gasteiger partial charge < -0.3 is 5.11 Å². The highest BCUT2D eigenvalue weighted by molar-refractivity contribution is 7.88. The van der Waals surface area contributed by atoms with Crippen molar-refractivity contribution in [2.45, 2.75) is 0 Å². The summed E-state index contributed by atoms with van der Waals surface area (Å²) >= 11 is 0. The van der Waals surface area contributed by atoms with E-state index in [0.29, 0.717) is 11.0 Å². The molecule has 13 heavy (non-hydrogen) atoms. The molecule has 0 aromatic heterocycles. The van der Waals surface area contributed by atoms with Gasteiger partial charge in [-0.05, 0) is 23.8 Å². The number of aromatic hydroxyl groups is 1. The van der Waals surface area contributed by atoms with Gasteiger partial charge in [0.1, 0.15) is 5.75 Å². The maximum Gasteiger partial charge on any atom is 0.287 e. The van der Waals surface area contributed by atoms with Crippen LogP contribution in [0.2, 0.25) is 0 Å². The lowest BCUT2D eigenvalue weighted by Crippen LogP contribution is -1.88. The topological polar surface area (TPSA) is 74.6 Å². The lowest BCUT2D eigenvalue weighted by Gasteiger charge is -1.92. The molecule has 0 bridgehead atoms. The third kappa shape index (κ3) is 3.73. The molecule has 1 aromatic rings. The molecule has 0 amide bonds. The lowest BCUT2D eigenvalue weighted by atomic mass is 10.2. The lowest BCUT2D eigenvalue weighted by molar-refractivity contribution is 0.475. The van der Waals surface area contributed by atoms with Crippen molar-refractivity contribution in [3.05, 3.63) is 35.2 Å². The van der Waals surface area contributed by atoms with Crippen LogP contribution in [0.25, 0.3) is 6.08 Å². The zero-order chi connectivity index (χ0) is 9.90. The van der Waals surface area contributed by atoms with Crippen LogP contribution < -0.4 is 0 Å². The van der Waals surface area contributed by atoms with E-state index in [2.05, 4.69) is 0 Å². The van der Waals surface area contributed by atoms with Gasteiger partial charge in [0.25, 0.3) is 10.1 Å². The number of hydrogen-bond acceptors (Lipinski definition) is 3. The molecule has 0 fully saturated rings. The van der Waals surface area contributed by atoms with E-state index >= 15 is 0 Å². The molecule has 5 heteroatoms. The van der Waals surface area contributed by atoms with Crippen LogP contribution in [0.4, 0.5) is 0 Å². The Morgan fingerprint density at radius 1 is 1.15 bits per heavy atom. The molecule has 0 atom stereocenters. The van der Waals surface area contributed by atoms with Crippen molar-refractivity contribution in [1.82, 2.24) is 0 Å². The van der Waals surface area contributed by atoms with E-state index < -0.39 is 10.1 Å². The van der Waals surface area contributed by atoms with E-state index in [1.807, 2.05) is 0 Å². The van der Waals surface area contributed by atoms with Crippen molar-refractivity contribution in [1.29, 1.82) is 0 Å². The van der Waals surface area contributed by atoms with Crippen molar-refractivity contribution >= 4 is 16.2 Å². The Balaban J connectivity index is 2.88. The smallest absolute Gasteiger partial charge is 0.287 e. The third-order valence-corrected chi connectivity index (χ3v) is 1.81. The second-order valence-corrected chi connectivity index (χ2v) is 3.71. The van der Waals surface area contributed by atoms with E-state index in [4.69, 9.17) is 9.66 Å². The summed E-state index contributed by atoms with van der Waals surface area (Å²) in [6.45, 7) is 0. The normalized spacial score (nSPS) is 12.1. The first-order valence-electron chi connectivity index (χ1n) is 3.42. The quantitative estimate of drug-likeness (QED) is 0.704. The van der Waals surface area contributed by atoms with Gasteiger partial charge in [0.05, 0.1) is 5.41 Å². The molecular weight excluding hydrogens is 192 g/mol. The third-order valence-electron chi connectivity index (χ3n) is 1.33. The first kappa shape index (κ1) is 9.76. The van der Waals surface area contributed by atoms with Gasteiger partial charge in [0.15, 0.2) is 0 Å². The fourth-order valence-corrected chi connectivity index (χ4v) is 1.08. The van der Waals surface area contributed by atoms with E-state index in [0.717, 1.165) is 0 Å². The van der Waals surface area contributed by atoms with Gasteiger partial charge in [-0.15, -0.1) is 0 Å². The van der Waals surface area contributed by atoms with E-state index in [-0.39, 0.29) is 5.75 Å². The average molecular weight is 200 g/mol. The Hall–Kier alpha value is -1.33. The highest BCUT2D eigenvalue weighted by Gasteiger charge is 1.95. The summed E-state index contributed by atoms with van der Waals surface area (Å²) < 4.78 is 29.0. The minimum atomic E-state index is -4.08. The van der Waals surface area contributed by atoms with Crippen molar-refractivity contribution in [3.63, 3.8) is 0 Å². The highest BCUT2D eigenvalue weighted by atomic mass is 32.2. The molecule has 1 rings (SSSR count). The maximum absolute atomic E-state index is 10.3. The molecule has 1 aromatic carbocycles. The average Bonchev–Trinajstić information content (AvgIpc) is 2.02. The molecule has 0 aliphatic carbocycles. The van der Waals surface area contributed by atoms with Crippen molar-refractivity contribution in [3.8, 4) is 5.75 Å². The summed E-state index contributed by atoms with van der Waals surface area (Å²) in [7, 11) is -4.08. The Kier molecular flexibility index (Phi) is 2.69. The molecule has 0 saturated heterocycles. The fraction of sp³-hybridized carbons (Fsp3) is 0. The van der Waals surface area contributed by atoms with Crippen LogP contribution in [0, 0.1) is 0 Å². The van der Waals surface area contributed by atoms with Crippen LogP contribution in [0.15, 0.2) is 29.7 Å². The Bertz CT molecular complexity index is 402. The van der Waals surface area contributed by atoms with Crippen LogP contribution in [0.1, 0.15) is 5.56 Å². The summed E-state index contributed by atoms with van der Waals surface area (Å²) in [4.78, 5) is 0. The maximum atomic E-state index is 10.3. The van der Waals surface area contributed by atoms with Crippen LogP contribution in [0.5, 0.6) is 5.75 Å². The first-order valence-corrected chi connectivity index (χ1v) is 4.92. The largest absolute Gasteiger partial charge is 0.508 e. The van der Waals surface area contributed by atoms with Gasteiger partial charge in [-0.3, -0.25) is 4.55 Å². The van der Waals surface area contributed by atoms with Crippen LogP contribution in [-0.4, -0.2) is 18.1 Å². The summed E-state index contributed by atoms with van der Waals surface area (Å²) in [6.07, 6.45) is 1.23. The van der Waals surface area contributed by atoms with Gasteiger partial charge in [0.2, 0.25) is 0 Å². The van der Waals surface area contributed by atoms with Gasteiger partial charge in [0, 0.05) is 0 Å². The standard InChI is InChI=1S/C8H8O4S/c9-8-3-1-7(2-4-8)5-6-13(10,11)12/h1-6,9H,(H,10,11,12)/b6-5+. The molecule has 0 saturated carbocycles. The zero-order valence-electron chi connectivity index (χ0n) is 6.58. The number of phenols is 1. The molecule has 0 aliphatic heterocycles. The Labute approximate surface area is 75.9 Å². The fourth-order valence-electron chi connectivity index (χ4n) is 0.750. The second-order valence-electron chi connectivity index (χ2n) is 2.41. The van der Waals surface area contributed by atoms with Crippen LogP contribution in [0.3, 0.4) is 0 Å². The molecule has 0 heterocycles. The van der Waals surface area contributed by atoms with Crippen molar-refractivity contribution < 1.29 is 18.1 Å². The molecule has 0 aliphatic rings. The Morgan fingerprint density at radius 3 is 2.15 bits per heavy atom. The summed E-state index contributed by atoms with van der Waals surface area (Å²) in [5.74, 6) is 0.101. The van der Waals surface area contributed by atoms with Gasteiger partial charge in [-0.25, -0.2) is 0 Å². The zero-order valence-corrected chi connectivity index (χ0v) is 7.40. The van der Waals surface area contributed by atoms with E-state index in [1.54, 1.807) is 0 Å².